The largest absolute Gasteiger partial charge is 0.356 e. The van der Waals surface area contributed by atoms with Crippen molar-refractivity contribution in [3.8, 4) is 0 Å². The molecule has 3 nitrogen and oxygen atoms in total. The Balaban J connectivity index is 1.55. The Morgan fingerprint density at radius 2 is 1.84 bits per heavy atom. The van der Waals surface area contributed by atoms with Crippen LogP contribution in [0.3, 0.4) is 0 Å². The summed E-state index contributed by atoms with van der Waals surface area (Å²) >= 11 is 0. The predicted molar refractivity (Wildman–Crippen MR) is 67.5 cm³/mol. The molecule has 1 aromatic rings. The van der Waals surface area contributed by atoms with Gasteiger partial charge in [-0.15, -0.1) is 0 Å². The van der Waals surface area contributed by atoms with E-state index in [2.05, 4.69) is 14.9 Å². The van der Waals surface area contributed by atoms with Crippen LogP contribution in [0.25, 0.3) is 0 Å². The molecular formula is C14H17F2N3. The first-order valence-electron chi connectivity index (χ1n) is 7.07. The molecule has 0 N–H and O–H groups in total. The molecule has 3 aliphatic rings. The highest BCUT2D eigenvalue weighted by Crippen LogP contribution is 2.65. The van der Waals surface area contributed by atoms with E-state index in [4.69, 9.17) is 0 Å². The molecule has 5 heteroatoms. The summed E-state index contributed by atoms with van der Waals surface area (Å²) < 4.78 is 26.8. The van der Waals surface area contributed by atoms with Crippen molar-refractivity contribution < 1.29 is 8.78 Å². The predicted octanol–water partition coefficient (Wildman–Crippen LogP) is 2.59. The van der Waals surface area contributed by atoms with Crippen molar-refractivity contribution in [3.63, 3.8) is 0 Å². The Labute approximate surface area is 111 Å². The topological polar surface area (TPSA) is 29.0 Å². The monoisotopic (exact) mass is 265 g/mol. The maximum absolute atomic E-state index is 13.4. The highest BCUT2D eigenvalue weighted by molar-refractivity contribution is 5.51. The van der Waals surface area contributed by atoms with Crippen molar-refractivity contribution in [3.05, 3.63) is 17.6 Å². The molecule has 1 saturated carbocycles. The number of rotatable bonds is 1. The first kappa shape index (κ1) is 11.6. The molecule has 4 rings (SSSR count). The van der Waals surface area contributed by atoms with Gasteiger partial charge in [0.25, 0.3) is 5.92 Å². The van der Waals surface area contributed by atoms with Crippen LogP contribution in [-0.2, 0) is 12.8 Å². The molecule has 1 aromatic heterocycles. The molecule has 0 bridgehead atoms. The lowest BCUT2D eigenvalue weighted by Gasteiger charge is -2.34. The number of fused-ring (bicyclic) bond motifs is 1. The van der Waals surface area contributed by atoms with Gasteiger partial charge in [0.15, 0.2) is 0 Å². The number of aromatic nitrogens is 2. The van der Waals surface area contributed by atoms with Crippen LogP contribution in [0.5, 0.6) is 0 Å². The van der Waals surface area contributed by atoms with Crippen molar-refractivity contribution in [1.82, 2.24) is 9.97 Å². The van der Waals surface area contributed by atoms with Gasteiger partial charge in [-0.1, -0.05) is 0 Å². The Kier molecular flexibility index (Phi) is 2.22. The highest BCUT2D eigenvalue weighted by atomic mass is 19.3. The summed E-state index contributed by atoms with van der Waals surface area (Å²) in [6.07, 6.45) is 6.10. The van der Waals surface area contributed by atoms with E-state index >= 15 is 0 Å². The van der Waals surface area contributed by atoms with E-state index in [1.807, 2.05) is 0 Å². The molecule has 1 aliphatic heterocycles. The normalized spacial score (nSPS) is 26.5. The Morgan fingerprint density at radius 3 is 2.53 bits per heavy atom. The van der Waals surface area contributed by atoms with Gasteiger partial charge in [0.2, 0.25) is 0 Å². The van der Waals surface area contributed by atoms with Crippen molar-refractivity contribution in [2.45, 2.75) is 44.4 Å². The van der Waals surface area contributed by atoms with E-state index in [-0.39, 0.29) is 6.42 Å². The Hall–Kier alpha value is -1.26. The van der Waals surface area contributed by atoms with Crippen LogP contribution in [0.2, 0.25) is 0 Å². The van der Waals surface area contributed by atoms with Crippen molar-refractivity contribution in [2.24, 2.45) is 5.41 Å². The molecular weight excluding hydrogens is 248 g/mol. The van der Waals surface area contributed by atoms with E-state index in [9.17, 15) is 8.78 Å². The fraction of sp³-hybridized carbons (Fsp3) is 0.714. The average molecular weight is 265 g/mol. The van der Waals surface area contributed by atoms with Crippen LogP contribution in [-0.4, -0.2) is 29.0 Å². The van der Waals surface area contributed by atoms with E-state index in [1.54, 1.807) is 6.33 Å². The smallest absolute Gasteiger partial charge is 0.254 e. The van der Waals surface area contributed by atoms with Gasteiger partial charge in [-0.3, -0.25) is 0 Å². The number of hydrogen-bond acceptors (Lipinski definition) is 3. The summed E-state index contributed by atoms with van der Waals surface area (Å²) in [5, 5.41) is 0. The second-order valence-electron chi connectivity index (χ2n) is 6.12. The number of aryl methyl sites for hydroxylation is 1. The Morgan fingerprint density at radius 1 is 1.11 bits per heavy atom. The molecule has 2 fully saturated rings. The van der Waals surface area contributed by atoms with E-state index in [0.29, 0.717) is 25.9 Å². The standard InChI is InChI=1S/C14H17F2N3/c15-14(16)8-13(14)4-6-19(7-5-13)12-10-2-1-3-11(10)17-9-18-12/h9H,1-8H2. The average Bonchev–Trinajstić information content (AvgIpc) is 2.79. The lowest BCUT2D eigenvalue weighted by molar-refractivity contribution is 0.0536. The summed E-state index contributed by atoms with van der Waals surface area (Å²) in [6.45, 7) is 1.41. The summed E-state index contributed by atoms with van der Waals surface area (Å²) in [6, 6.07) is 0. The molecule has 0 radical (unpaired) electrons. The first-order valence-corrected chi connectivity index (χ1v) is 7.07. The third-order valence-electron chi connectivity index (χ3n) is 5.08. The van der Waals surface area contributed by atoms with Gasteiger partial charge in [0, 0.05) is 36.2 Å². The molecule has 102 valence electrons. The van der Waals surface area contributed by atoms with Crippen LogP contribution >= 0.6 is 0 Å². The van der Waals surface area contributed by atoms with Crippen LogP contribution < -0.4 is 4.90 Å². The summed E-state index contributed by atoms with van der Waals surface area (Å²) in [4.78, 5) is 10.9. The van der Waals surface area contributed by atoms with Gasteiger partial charge < -0.3 is 4.90 Å². The highest BCUT2D eigenvalue weighted by Gasteiger charge is 2.70. The molecule has 0 unspecified atom stereocenters. The van der Waals surface area contributed by atoms with Gasteiger partial charge in [0.05, 0.1) is 0 Å². The molecule has 0 amide bonds. The third-order valence-corrected chi connectivity index (χ3v) is 5.08. The molecule has 0 aromatic carbocycles. The number of anilines is 1. The summed E-state index contributed by atoms with van der Waals surface area (Å²) in [7, 11) is 0. The number of alkyl halides is 2. The minimum atomic E-state index is -2.41. The van der Waals surface area contributed by atoms with Crippen LogP contribution in [0.15, 0.2) is 6.33 Å². The molecule has 2 aliphatic carbocycles. The molecule has 1 saturated heterocycles. The van der Waals surface area contributed by atoms with Gasteiger partial charge >= 0.3 is 0 Å². The second kappa shape index (κ2) is 3.64. The lowest BCUT2D eigenvalue weighted by atomic mass is 9.92. The lowest BCUT2D eigenvalue weighted by Crippen LogP contribution is -2.37. The van der Waals surface area contributed by atoms with Crippen LogP contribution in [0, 0.1) is 5.41 Å². The van der Waals surface area contributed by atoms with E-state index in [0.717, 1.165) is 30.8 Å². The third kappa shape index (κ3) is 1.60. The van der Waals surface area contributed by atoms with Gasteiger partial charge in [0.1, 0.15) is 12.1 Å². The molecule has 2 heterocycles. The number of hydrogen-bond donors (Lipinski definition) is 0. The quantitative estimate of drug-likeness (QED) is 0.781. The van der Waals surface area contributed by atoms with Crippen molar-refractivity contribution >= 4 is 5.82 Å². The Bertz CT molecular complexity index is 521. The molecule has 19 heavy (non-hydrogen) atoms. The van der Waals surface area contributed by atoms with Gasteiger partial charge in [-0.2, -0.15) is 0 Å². The van der Waals surface area contributed by atoms with Crippen molar-refractivity contribution in [1.29, 1.82) is 0 Å². The molecule has 1 spiro atoms. The van der Waals surface area contributed by atoms with E-state index < -0.39 is 11.3 Å². The number of halogens is 2. The maximum Gasteiger partial charge on any atom is 0.254 e. The molecule has 0 atom stereocenters. The number of nitrogens with zero attached hydrogens (tertiary/aromatic N) is 3. The minimum Gasteiger partial charge on any atom is -0.356 e. The zero-order valence-corrected chi connectivity index (χ0v) is 10.8. The minimum absolute atomic E-state index is 0.0930. The van der Waals surface area contributed by atoms with Crippen LogP contribution in [0.4, 0.5) is 14.6 Å². The fourth-order valence-electron chi connectivity index (χ4n) is 3.68. The first-order chi connectivity index (χ1) is 9.11. The second-order valence-corrected chi connectivity index (χ2v) is 6.12. The SMILES string of the molecule is FC1(F)CC12CCN(c1ncnc3c1CCC3)CC2. The van der Waals surface area contributed by atoms with Gasteiger partial charge in [-0.25, -0.2) is 18.7 Å². The van der Waals surface area contributed by atoms with Gasteiger partial charge in [-0.05, 0) is 32.1 Å². The van der Waals surface area contributed by atoms with E-state index in [1.165, 1.54) is 5.56 Å². The van der Waals surface area contributed by atoms with Crippen molar-refractivity contribution in [2.75, 3.05) is 18.0 Å². The fourth-order valence-corrected chi connectivity index (χ4v) is 3.68. The number of piperidine rings is 1. The zero-order chi connectivity index (χ0) is 13.1. The maximum atomic E-state index is 13.4. The summed E-state index contributed by atoms with van der Waals surface area (Å²) in [5.41, 5.74) is 1.72. The van der Waals surface area contributed by atoms with Crippen LogP contribution in [0.1, 0.15) is 36.9 Å². The zero-order valence-electron chi connectivity index (χ0n) is 10.8. The summed E-state index contributed by atoms with van der Waals surface area (Å²) in [5.74, 6) is -1.41.